The largest absolute Gasteiger partial charge is 0.449 e. The third-order valence-corrected chi connectivity index (χ3v) is 1.90. The van der Waals surface area contributed by atoms with Crippen LogP contribution in [-0.4, -0.2) is 22.9 Å². The molecule has 84 valence electrons. The first-order valence-electron chi connectivity index (χ1n) is 4.96. The van der Waals surface area contributed by atoms with E-state index in [2.05, 4.69) is 15.5 Å². The first kappa shape index (κ1) is 11.6. The molecule has 0 aromatic carbocycles. The van der Waals surface area contributed by atoms with Gasteiger partial charge >= 0.3 is 6.09 Å². The zero-order chi connectivity index (χ0) is 11.4. The highest BCUT2D eigenvalue weighted by atomic mass is 16.5. The Morgan fingerprint density at radius 3 is 2.67 bits per heavy atom. The van der Waals surface area contributed by atoms with Crippen LogP contribution < -0.4 is 5.32 Å². The van der Waals surface area contributed by atoms with Crippen molar-refractivity contribution in [1.82, 2.24) is 10.2 Å². The van der Waals surface area contributed by atoms with E-state index in [1.165, 1.54) is 0 Å². The maximum Gasteiger partial charge on any atom is 0.411 e. The van der Waals surface area contributed by atoms with Crippen molar-refractivity contribution in [2.24, 2.45) is 5.92 Å². The quantitative estimate of drug-likeness (QED) is 0.805. The monoisotopic (exact) mass is 211 g/mol. The molecule has 0 saturated heterocycles. The number of ether oxygens (including phenoxy) is 1. The number of nitrogens with zero attached hydrogens (tertiary/aromatic N) is 1. The van der Waals surface area contributed by atoms with Gasteiger partial charge in [-0.05, 0) is 19.8 Å². The Bertz CT molecular complexity index is 325. The van der Waals surface area contributed by atoms with Crippen molar-refractivity contribution in [2.45, 2.75) is 27.7 Å². The number of amides is 1. The summed E-state index contributed by atoms with van der Waals surface area (Å²) in [6.07, 6.45) is -0.434. The Labute approximate surface area is 89.2 Å². The van der Waals surface area contributed by atoms with E-state index in [4.69, 9.17) is 4.74 Å². The van der Waals surface area contributed by atoms with Crippen LogP contribution in [0.25, 0.3) is 0 Å². The van der Waals surface area contributed by atoms with Crippen LogP contribution >= 0.6 is 0 Å². The standard InChI is InChI=1S/C10H17N3O2/c1-6(2)5-15-10(14)11-9-7(3)12-13-8(9)4/h6H,5H2,1-4H3,(H,11,14)(H,12,13). The van der Waals surface area contributed by atoms with Crippen LogP contribution in [0.4, 0.5) is 10.5 Å². The van der Waals surface area contributed by atoms with E-state index in [0.717, 1.165) is 11.4 Å². The number of carbonyl (C=O) groups is 1. The van der Waals surface area contributed by atoms with Gasteiger partial charge in [0.15, 0.2) is 0 Å². The van der Waals surface area contributed by atoms with E-state index in [0.29, 0.717) is 18.2 Å². The summed E-state index contributed by atoms with van der Waals surface area (Å²) in [7, 11) is 0. The van der Waals surface area contributed by atoms with Gasteiger partial charge in [0.2, 0.25) is 0 Å². The molecule has 1 aromatic rings. The Kier molecular flexibility index (Phi) is 3.71. The predicted octanol–water partition coefficient (Wildman–Crippen LogP) is 2.23. The second-order valence-electron chi connectivity index (χ2n) is 3.93. The normalized spacial score (nSPS) is 10.5. The van der Waals surface area contributed by atoms with Gasteiger partial charge in [-0.15, -0.1) is 0 Å². The summed E-state index contributed by atoms with van der Waals surface area (Å²) in [6.45, 7) is 8.06. The van der Waals surface area contributed by atoms with Crippen molar-refractivity contribution in [3.63, 3.8) is 0 Å². The van der Waals surface area contributed by atoms with Crippen molar-refractivity contribution in [3.8, 4) is 0 Å². The number of H-pyrrole nitrogens is 1. The van der Waals surface area contributed by atoms with Gasteiger partial charge in [0.1, 0.15) is 0 Å². The van der Waals surface area contributed by atoms with Crippen LogP contribution in [0.1, 0.15) is 25.2 Å². The topological polar surface area (TPSA) is 67.0 Å². The molecule has 1 amide bonds. The molecule has 0 aliphatic carbocycles. The van der Waals surface area contributed by atoms with Gasteiger partial charge in [0, 0.05) is 0 Å². The Hall–Kier alpha value is -1.52. The molecule has 0 fully saturated rings. The van der Waals surface area contributed by atoms with Crippen LogP contribution in [-0.2, 0) is 4.74 Å². The molecular weight excluding hydrogens is 194 g/mol. The minimum absolute atomic E-state index is 0.335. The van der Waals surface area contributed by atoms with E-state index in [9.17, 15) is 4.79 Å². The molecule has 0 aliphatic rings. The minimum atomic E-state index is -0.434. The van der Waals surface area contributed by atoms with Gasteiger partial charge < -0.3 is 4.74 Å². The molecule has 0 radical (unpaired) electrons. The number of hydrogen-bond acceptors (Lipinski definition) is 3. The number of anilines is 1. The molecular formula is C10H17N3O2. The average molecular weight is 211 g/mol. The molecule has 0 aliphatic heterocycles. The van der Waals surface area contributed by atoms with Gasteiger partial charge in [-0.3, -0.25) is 10.4 Å². The van der Waals surface area contributed by atoms with Crippen LogP contribution in [0.2, 0.25) is 0 Å². The predicted molar refractivity (Wildman–Crippen MR) is 57.9 cm³/mol. The molecule has 5 heteroatoms. The van der Waals surface area contributed by atoms with Crippen molar-refractivity contribution in [3.05, 3.63) is 11.4 Å². The lowest BCUT2D eigenvalue weighted by molar-refractivity contribution is 0.147. The zero-order valence-electron chi connectivity index (χ0n) is 9.55. The number of aryl methyl sites for hydroxylation is 2. The number of aromatic amines is 1. The first-order valence-corrected chi connectivity index (χ1v) is 4.96. The van der Waals surface area contributed by atoms with Crippen molar-refractivity contribution >= 4 is 11.8 Å². The molecule has 15 heavy (non-hydrogen) atoms. The number of nitrogens with one attached hydrogen (secondary N) is 2. The molecule has 5 nitrogen and oxygen atoms in total. The van der Waals surface area contributed by atoms with E-state index in [-0.39, 0.29) is 0 Å². The molecule has 0 unspecified atom stereocenters. The van der Waals surface area contributed by atoms with Crippen molar-refractivity contribution in [1.29, 1.82) is 0 Å². The van der Waals surface area contributed by atoms with E-state index >= 15 is 0 Å². The van der Waals surface area contributed by atoms with Gasteiger partial charge in [0.05, 0.1) is 23.7 Å². The Morgan fingerprint density at radius 1 is 1.53 bits per heavy atom. The number of carbonyl (C=O) groups excluding carboxylic acids is 1. The molecule has 1 aromatic heterocycles. The highest BCUT2D eigenvalue weighted by Crippen LogP contribution is 2.16. The summed E-state index contributed by atoms with van der Waals surface area (Å²) in [5, 5.41) is 9.41. The fourth-order valence-electron chi connectivity index (χ4n) is 1.12. The van der Waals surface area contributed by atoms with Crippen molar-refractivity contribution < 1.29 is 9.53 Å². The molecule has 1 heterocycles. The number of rotatable bonds is 3. The minimum Gasteiger partial charge on any atom is -0.449 e. The van der Waals surface area contributed by atoms with Crippen LogP contribution in [0.3, 0.4) is 0 Å². The smallest absolute Gasteiger partial charge is 0.411 e. The highest BCUT2D eigenvalue weighted by molar-refractivity contribution is 5.86. The lowest BCUT2D eigenvalue weighted by Crippen LogP contribution is -2.17. The maximum atomic E-state index is 11.3. The lowest BCUT2D eigenvalue weighted by atomic mass is 10.2. The molecule has 2 N–H and O–H groups in total. The third-order valence-electron chi connectivity index (χ3n) is 1.90. The summed E-state index contributed by atoms with van der Waals surface area (Å²) < 4.78 is 5.00. The van der Waals surface area contributed by atoms with Gasteiger partial charge in [0.25, 0.3) is 0 Å². The second kappa shape index (κ2) is 4.82. The summed E-state index contributed by atoms with van der Waals surface area (Å²) in [4.78, 5) is 11.3. The SMILES string of the molecule is Cc1n[nH]c(C)c1NC(=O)OCC(C)C. The number of aromatic nitrogens is 2. The lowest BCUT2D eigenvalue weighted by Gasteiger charge is -2.08. The van der Waals surface area contributed by atoms with Crippen LogP contribution in [0, 0.1) is 19.8 Å². The summed E-state index contributed by atoms with van der Waals surface area (Å²) in [6, 6.07) is 0. The fraction of sp³-hybridized carbons (Fsp3) is 0.600. The second-order valence-corrected chi connectivity index (χ2v) is 3.93. The van der Waals surface area contributed by atoms with E-state index in [1.807, 2.05) is 27.7 Å². The first-order chi connectivity index (χ1) is 7.00. The summed E-state index contributed by atoms with van der Waals surface area (Å²) in [5.74, 6) is 0.335. The van der Waals surface area contributed by atoms with Gasteiger partial charge in [-0.2, -0.15) is 5.10 Å². The maximum absolute atomic E-state index is 11.3. The highest BCUT2D eigenvalue weighted by Gasteiger charge is 2.10. The van der Waals surface area contributed by atoms with E-state index < -0.39 is 6.09 Å². The molecule has 0 saturated carbocycles. The number of hydrogen-bond donors (Lipinski definition) is 2. The summed E-state index contributed by atoms with van der Waals surface area (Å²) in [5.41, 5.74) is 2.28. The van der Waals surface area contributed by atoms with Crippen molar-refractivity contribution in [2.75, 3.05) is 11.9 Å². The van der Waals surface area contributed by atoms with Gasteiger partial charge in [-0.1, -0.05) is 13.8 Å². The van der Waals surface area contributed by atoms with Crippen LogP contribution in [0.5, 0.6) is 0 Å². The molecule has 0 atom stereocenters. The molecule has 1 rings (SSSR count). The van der Waals surface area contributed by atoms with Crippen LogP contribution in [0.15, 0.2) is 0 Å². The fourth-order valence-corrected chi connectivity index (χ4v) is 1.12. The third kappa shape index (κ3) is 3.27. The Balaban J connectivity index is 2.51. The van der Waals surface area contributed by atoms with E-state index in [1.54, 1.807) is 0 Å². The molecule has 0 bridgehead atoms. The zero-order valence-corrected chi connectivity index (χ0v) is 9.55. The Morgan fingerprint density at radius 2 is 2.20 bits per heavy atom. The average Bonchev–Trinajstić information content (AvgIpc) is 2.46. The molecule has 0 spiro atoms. The summed E-state index contributed by atoms with van der Waals surface area (Å²) >= 11 is 0. The van der Waals surface area contributed by atoms with Gasteiger partial charge in [-0.25, -0.2) is 4.79 Å².